The van der Waals surface area contributed by atoms with Crippen LogP contribution in [0, 0.1) is 0 Å². The molecule has 2 rings (SSSR count). The molecule has 0 atom stereocenters. The van der Waals surface area contributed by atoms with Gasteiger partial charge in [-0.1, -0.05) is 25.5 Å². The first-order valence-electron chi connectivity index (χ1n) is 8.44. The topological polar surface area (TPSA) is 56.8 Å². The number of anilines is 1. The van der Waals surface area contributed by atoms with Crippen LogP contribution in [0.1, 0.15) is 35.7 Å². The summed E-state index contributed by atoms with van der Waals surface area (Å²) in [7, 11) is 4.55. The minimum Gasteiger partial charge on any atom is -0.493 e. The molecule has 1 amide bonds. The van der Waals surface area contributed by atoms with E-state index in [0.717, 1.165) is 24.9 Å². The number of amides is 1. The lowest BCUT2D eigenvalue weighted by Crippen LogP contribution is -2.13. The molecule has 0 aliphatic heterocycles. The SMILES string of the molecule is CCCCc1ccc(NC(=O)c2cc(OC)c(OC)c(OC)c2Br)cc1. The van der Waals surface area contributed by atoms with Crippen LogP contribution in [0.4, 0.5) is 5.69 Å². The van der Waals surface area contributed by atoms with Crippen molar-refractivity contribution in [3.63, 3.8) is 0 Å². The molecule has 0 saturated carbocycles. The van der Waals surface area contributed by atoms with Crippen molar-refractivity contribution >= 4 is 27.5 Å². The number of halogens is 1. The van der Waals surface area contributed by atoms with Gasteiger partial charge in [-0.15, -0.1) is 0 Å². The molecule has 0 spiro atoms. The molecule has 0 bridgehead atoms. The van der Waals surface area contributed by atoms with Gasteiger partial charge >= 0.3 is 0 Å². The van der Waals surface area contributed by atoms with Crippen molar-refractivity contribution in [3.05, 3.63) is 45.9 Å². The number of hydrogen-bond donors (Lipinski definition) is 1. The zero-order valence-electron chi connectivity index (χ0n) is 15.5. The van der Waals surface area contributed by atoms with Crippen LogP contribution in [-0.4, -0.2) is 27.2 Å². The second-order valence-corrected chi connectivity index (χ2v) is 6.55. The van der Waals surface area contributed by atoms with Crippen LogP contribution < -0.4 is 19.5 Å². The maximum absolute atomic E-state index is 12.7. The summed E-state index contributed by atoms with van der Waals surface area (Å²) < 4.78 is 16.5. The lowest BCUT2D eigenvalue weighted by Gasteiger charge is -2.16. The van der Waals surface area contributed by atoms with Crippen molar-refractivity contribution in [2.45, 2.75) is 26.2 Å². The average Bonchev–Trinajstić information content (AvgIpc) is 2.66. The van der Waals surface area contributed by atoms with Gasteiger partial charge in [0.15, 0.2) is 11.5 Å². The minimum absolute atomic E-state index is 0.266. The van der Waals surface area contributed by atoms with E-state index in [9.17, 15) is 4.79 Å². The molecule has 2 aromatic rings. The summed E-state index contributed by atoms with van der Waals surface area (Å²) in [5.41, 5.74) is 2.39. The fourth-order valence-electron chi connectivity index (χ4n) is 2.62. The Labute approximate surface area is 162 Å². The van der Waals surface area contributed by atoms with Gasteiger partial charge in [0.2, 0.25) is 5.75 Å². The molecule has 0 fully saturated rings. The third kappa shape index (κ3) is 4.49. The molecule has 0 unspecified atom stereocenters. The third-order valence-electron chi connectivity index (χ3n) is 4.04. The molecule has 0 aliphatic rings. The number of rotatable bonds is 8. The number of hydrogen-bond acceptors (Lipinski definition) is 4. The van der Waals surface area contributed by atoms with Gasteiger partial charge in [0.1, 0.15) is 0 Å². The monoisotopic (exact) mass is 421 g/mol. The molecule has 0 aromatic heterocycles. The van der Waals surface area contributed by atoms with Crippen molar-refractivity contribution in [2.24, 2.45) is 0 Å². The average molecular weight is 422 g/mol. The first kappa shape index (κ1) is 20.1. The summed E-state index contributed by atoms with van der Waals surface area (Å²) in [6.07, 6.45) is 3.36. The van der Waals surface area contributed by atoms with E-state index in [2.05, 4.69) is 28.2 Å². The van der Waals surface area contributed by atoms with Crippen molar-refractivity contribution in [3.8, 4) is 17.2 Å². The Morgan fingerprint density at radius 3 is 2.23 bits per heavy atom. The largest absolute Gasteiger partial charge is 0.493 e. The van der Waals surface area contributed by atoms with Crippen LogP contribution >= 0.6 is 15.9 Å². The maximum Gasteiger partial charge on any atom is 0.257 e. The molecular weight excluding hydrogens is 398 g/mol. The zero-order valence-corrected chi connectivity index (χ0v) is 17.1. The molecule has 6 heteroatoms. The summed E-state index contributed by atoms with van der Waals surface area (Å²) in [5, 5.41) is 2.90. The molecule has 1 N–H and O–H groups in total. The lowest BCUT2D eigenvalue weighted by atomic mass is 10.1. The Bertz CT molecular complexity index is 759. The summed E-state index contributed by atoms with van der Waals surface area (Å²) in [4.78, 5) is 12.7. The van der Waals surface area contributed by atoms with Gasteiger partial charge in [-0.05, 0) is 52.5 Å². The molecular formula is C20H24BrNO4. The van der Waals surface area contributed by atoms with Crippen LogP contribution in [0.3, 0.4) is 0 Å². The van der Waals surface area contributed by atoms with Gasteiger partial charge in [0, 0.05) is 5.69 Å². The Kier molecular flexibility index (Phi) is 7.33. The number of ether oxygens (including phenoxy) is 3. The summed E-state index contributed by atoms with van der Waals surface area (Å²) in [6.45, 7) is 2.17. The second-order valence-electron chi connectivity index (χ2n) is 5.76. The van der Waals surface area contributed by atoms with E-state index in [1.807, 2.05) is 24.3 Å². The van der Waals surface area contributed by atoms with Crippen LogP contribution in [0.5, 0.6) is 17.2 Å². The number of carbonyl (C=O) groups is 1. The normalized spacial score (nSPS) is 10.3. The smallest absolute Gasteiger partial charge is 0.257 e. The van der Waals surface area contributed by atoms with Crippen molar-refractivity contribution in [2.75, 3.05) is 26.6 Å². The fourth-order valence-corrected chi connectivity index (χ4v) is 3.26. The predicted molar refractivity (Wildman–Crippen MR) is 107 cm³/mol. The van der Waals surface area contributed by atoms with Crippen LogP contribution in [-0.2, 0) is 6.42 Å². The van der Waals surface area contributed by atoms with Gasteiger partial charge in [-0.3, -0.25) is 4.79 Å². The molecule has 0 aliphatic carbocycles. The summed E-state index contributed by atoms with van der Waals surface area (Å²) >= 11 is 3.43. The molecule has 0 saturated heterocycles. The van der Waals surface area contributed by atoms with Crippen LogP contribution in [0.25, 0.3) is 0 Å². The second kappa shape index (κ2) is 9.48. The first-order chi connectivity index (χ1) is 12.5. The van der Waals surface area contributed by atoms with E-state index in [-0.39, 0.29) is 5.91 Å². The first-order valence-corrected chi connectivity index (χ1v) is 9.23. The quantitative estimate of drug-likeness (QED) is 0.646. The predicted octanol–water partition coefficient (Wildman–Crippen LogP) is 5.07. The highest BCUT2D eigenvalue weighted by molar-refractivity contribution is 9.10. The van der Waals surface area contributed by atoms with Gasteiger partial charge in [-0.25, -0.2) is 0 Å². The number of nitrogens with one attached hydrogen (secondary N) is 1. The Hall–Kier alpha value is -2.21. The molecule has 26 heavy (non-hydrogen) atoms. The van der Waals surface area contributed by atoms with Crippen molar-refractivity contribution in [1.29, 1.82) is 0 Å². The van der Waals surface area contributed by atoms with E-state index in [1.54, 1.807) is 6.07 Å². The van der Waals surface area contributed by atoms with E-state index in [4.69, 9.17) is 14.2 Å². The van der Waals surface area contributed by atoms with E-state index >= 15 is 0 Å². The zero-order chi connectivity index (χ0) is 19.1. The van der Waals surface area contributed by atoms with Gasteiger partial charge in [0.25, 0.3) is 5.91 Å². The Morgan fingerprint density at radius 2 is 1.69 bits per heavy atom. The van der Waals surface area contributed by atoms with Gasteiger partial charge in [0.05, 0.1) is 31.4 Å². The Morgan fingerprint density at radius 1 is 1.04 bits per heavy atom. The fraction of sp³-hybridized carbons (Fsp3) is 0.350. The Balaban J connectivity index is 2.26. The number of benzene rings is 2. The van der Waals surface area contributed by atoms with Crippen molar-refractivity contribution in [1.82, 2.24) is 0 Å². The van der Waals surface area contributed by atoms with Crippen LogP contribution in [0.2, 0.25) is 0 Å². The summed E-state index contributed by atoms with van der Waals surface area (Å²) in [5.74, 6) is 0.996. The van der Waals surface area contributed by atoms with E-state index < -0.39 is 0 Å². The van der Waals surface area contributed by atoms with E-state index in [0.29, 0.717) is 27.3 Å². The van der Waals surface area contributed by atoms with Gasteiger partial charge < -0.3 is 19.5 Å². The number of unbranched alkanes of at least 4 members (excludes halogenated alkanes) is 1. The summed E-state index contributed by atoms with van der Waals surface area (Å²) in [6, 6.07) is 9.52. The molecule has 5 nitrogen and oxygen atoms in total. The molecule has 0 radical (unpaired) electrons. The number of aryl methyl sites for hydroxylation is 1. The molecule has 2 aromatic carbocycles. The number of methoxy groups -OCH3 is 3. The maximum atomic E-state index is 12.7. The lowest BCUT2D eigenvalue weighted by molar-refractivity contribution is 0.102. The number of carbonyl (C=O) groups excluding carboxylic acids is 1. The standard InChI is InChI=1S/C20H24BrNO4/c1-5-6-7-13-8-10-14(11-9-13)22-20(23)15-12-16(24-2)18(25-3)19(26-4)17(15)21/h8-12H,5-7H2,1-4H3,(H,22,23). The van der Waals surface area contributed by atoms with Crippen molar-refractivity contribution < 1.29 is 19.0 Å². The highest BCUT2D eigenvalue weighted by Crippen LogP contribution is 2.44. The van der Waals surface area contributed by atoms with Crippen LogP contribution in [0.15, 0.2) is 34.8 Å². The highest BCUT2D eigenvalue weighted by Gasteiger charge is 2.22. The molecule has 0 heterocycles. The third-order valence-corrected chi connectivity index (χ3v) is 4.83. The minimum atomic E-state index is -0.266. The highest BCUT2D eigenvalue weighted by atomic mass is 79.9. The molecule has 140 valence electrons. The van der Waals surface area contributed by atoms with E-state index in [1.165, 1.54) is 26.9 Å². The van der Waals surface area contributed by atoms with Gasteiger partial charge in [-0.2, -0.15) is 0 Å².